The minimum Gasteiger partial charge on any atom is -0.508 e. The van der Waals surface area contributed by atoms with E-state index in [1.54, 1.807) is 32.5 Å². The Morgan fingerprint density at radius 3 is 2.54 bits per heavy atom. The summed E-state index contributed by atoms with van der Waals surface area (Å²) >= 11 is 0. The van der Waals surface area contributed by atoms with Crippen LogP contribution in [0.1, 0.15) is 90.2 Å². The molecular formula is C49H65N7O7. The number of aromatic nitrogens is 2. The summed E-state index contributed by atoms with van der Waals surface area (Å²) in [5.74, 6) is -1.86. The molecule has 338 valence electrons. The fourth-order valence-corrected chi connectivity index (χ4v) is 9.74. The minimum atomic E-state index is -1.10. The molecule has 6 bridgehead atoms. The lowest BCUT2D eigenvalue weighted by Gasteiger charge is -2.37. The van der Waals surface area contributed by atoms with Crippen molar-refractivity contribution in [3.05, 3.63) is 71.5 Å². The summed E-state index contributed by atoms with van der Waals surface area (Å²) in [5.41, 5.74) is 9.74. The van der Waals surface area contributed by atoms with E-state index in [-0.39, 0.29) is 42.6 Å². The number of esters is 1. The van der Waals surface area contributed by atoms with Crippen LogP contribution < -0.4 is 16.1 Å². The maximum atomic E-state index is 14.7. The number of methoxy groups -OCH3 is 1. The molecule has 2 fully saturated rings. The fourth-order valence-electron chi connectivity index (χ4n) is 9.74. The highest BCUT2D eigenvalue weighted by Crippen LogP contribution is 2.42. The number of ether oxygens (including phenoxy) is 2. The van der Waals surface area contributed by atoms with Crippen LogP contribution in [0.4, 0.5) is 0 Å². The van der Waals surface area contributed by atoms with Crippen molar-refractivity contribution >= 4 is 34.6 Å². The third kappa shape index (κ3) is 9.78. The summed E-state index contributed by atoms with van der Waals surface area (Å²) in [5, 5.41) is 20.1. The van der Waals surface area contributed by atoms with Gasteiger partial charge in [-0.1, -0.05) is 39.8 Å². The van der Waals surface area contributed by atoms with Gasteiger partial charge in [0, 0.05) is 67.7 Å². The molecule has 14 heteroatoms. The van der Waals surface area contributed by atoms with Gasteiger partial charge >= 0.3 is 5.97 Å². The van der Waals surface area contributed by atoms with Gasteiger partial charge < -0.3 is 34.7 Å². The molecule has 3 amide bonds. The number of carbonyl (C=O) groups is 4. The molecular weight excluding hydrogens is 799 g/mol. The number of benzene rings is 2. The smallest absolute Gasteiger partial charge is 0.324 e. The van der Waals surface area contributed by atoms with Crippen molar-refractivity contribution in [2.24, 2.45) is 17.3 Å². The Morgan fingerprint density at radius 1 is 1.06 bits per heavy atom. The first-order valence-corrected chi connectivity index (χ1v) is 22.6. The number of hydrazine groups is 1. The molecule has 0 aliphatic carbocycles. The summed E-state index contributed by atoms with van der Waals surface area (Å²) in [6, 6.07) is 12.9. The standard InChI is InChI=1S/C49H65N7O7/c1-9-55-41-15-14-33-26-37(41)38(44(55)36-12-10-18-51-42(36)30(4)62-8)27-49(5,6)28-63-48(61)39-13-11-21-56(53-39)47(60)40(24-31-22-34(33)25-35(57)23-31)52-45(58)43(29(2)3)54(7)46(59)32-16-19-50-20-17-32/h10,12,14-15,18,22-23,25-26,29-30,32,39-40,43,50,53,57H,9,11,13,16-17,19-21,24,27-28H2,1-8H3,(H,52,58)/t30-,39-,40-,43-/m0/s1. The molecule has 4 atom stereocenters. The van der Waals surface area contributed by atoms with Gasteiger partial charge in [0.2, 0.25) is 11.8 Å². The number of hydrogen-bond donors (Lipinski definition) is 4. The van der Waals surface area contributed by atoms with Gasteiger partial charge in [-0.3, -0.25) is 29.2 Å². The van der Waals surface area contributed by atoms with E-state index in [1.807, 2.05) is 39.0 Å². The second-order valence-corrected chi connectivity index (χ2v) is 18.7. The maximum absolute atomic E-state index is 14.7. The second-order valence-electron chi connectivity index (χ2n) is 18.7. The topological polar surface area (TPSA) is 167 Å². The molecule has 7 rings (SSSR count). The van der Waals surface area contributed by atoms with Gasteiger partial charge in [0.1, 0.15) is 23.9 Å². The number of nitrogens with one attached hydrogen (secondary N) is 3. The normalized spacial score (nSPS) is 20.8. The summed E-state index contributed by atoms with van der Waals surface area (Å²) in [7, 11) is 3.35. The molecule has 0 saturated carbocycles. The molecule has 2 aromatic carbocycles. The molecule has 4 aromatic rings. The number of cyclic esters (lactones) is 1. The zero-order valence-corrected chi connectivity index (χ0v) is 38.1. The lowest BCUT2D eigenvalue weighted by molar-refractivity contribution is -0.155. The Hall–Kier alpha value is -5.31. The number of phenolic OH excluding ortho intramolecular Hbond substituents is 1. The number of piperidine rings is 1. The molecule has 63 heavy (non-hydrogen) atoms. The number of aryl methyl sites for hydroxylation is 1. The largest absolute Gasteiger partial charge is 0.508 e. The number of phenols is 1. The van der Waals surface area contributed by atoms with Gasteiger partial charge in [-0.15, -0.1) is 0 Å². The number of aromatic hydroxyl groups is 1. The monoisotopic (exact) mass is 863 g/mol. The number of amides is 3. The van der Waals surface area contributed by atoms with Crippen LogP contribution in [-0.4, -0.2) is 107 Å². The van der Waals surface area contributed by atoms with E-state index in [9.17, 15) is 24.3 Å². The van der Waals surface area contributed by atoms with Gasteiger partial charge in [0.25, 0.3) is 5.91 Å². The van der Waals surface area contributed by atoms with Crippen molar-refractivity contribution < 1.29 is 33.8 Å². The van der Waals surface area contributed by atoms with E-state index < -0.39 is 41.3 Å². The molecule has 3 aliphatic heterocycles. The summed E-state index contributed by atoms with van der Waals surface area (Å²) in [6.07, 6.45) is 4.49. The van der Waals surface area contributed by atoms with Crippen LogP contribution in [0, 0.1) is 17.3 Å². The Morgan fingerprint density at radius 2 is 1.83 bits per heavy atom. The third-order valence-electron chi connectivity index (χ3n) is 13.0. The first-order chi connectivity index (χ1) is 30.1. The van der Waals surface area contributed by atoms with Gasteiger partial charge in [-0.25, -0.2) is 5.43 Å². The van der Waals surface area contributed by atoms with Crippen molar-refractivity contribution in [1.82, 2.24) is 35.5 Å². The quantitative estimate of drug-likeness (QED) is 0.148. The van der Waals surface area contributed by atoms with E-state index in [0.29, 0.717) is 50.8 Å². The van der Waals surface area contributed by atoms with Crippen molar-refractivity contribution in [3.63, 3.8) is 0 Å². The third-order valence-corrected chi connectivity index (χ3v) is 13.0. The lowest BCUT2D eigenvalue weighted by atomic mass is 9.84. The van der Waals surface area contributed by atoms with Crippen LogP contribution in [0.15, 0.2) is 54.7 Å². The lowest BCUT2D eigenvalue weighted by Crippen LogP contribution is -2.62. The number of hydrogen-bond acceptors (Lipinski definition) is 10. The van der Waals surface area contributed by atoms with Gasteiger partial charge in [0.05, 0.1) is 24.1 Å². The number of pyridine rings is 1. The average molecular weight is 864 g/mol. The van der Waals surface area contributed by atoms with Crippen LogP contribution >= 0.6 is 0 Å². The van der Waals surface area contributed by atoms with E-state index in [0.717, 1.165) is 57.6 Å². The first-order valence-electron chi connectivity index (χ1n) is 22.6. The Kier molecular flexibility index (Phi) is 13.9. The highest BCUT2D eigenvalue weighted by molar-refractivity contribution is 5.96. The van der Waals surface area contributed by atoms with Crippen LogP contribution in [-0.2, 0) is 48.0 Å². The zero-order chi connectivity index (χ0) is 45.2. The molecule has 0 unspecified atom stereocenters. The average Bonchev–Trinajstić information content (AvgIpc) is 3.58. The highest BCUT2D eigenvalue weighted by Gasteiger charge is 2.39. The van der Waals surface area contributed by atoms with Crippen molar-refractivity contribution in [3.8, 4) is 28.1 Å². The molecule has 3 aliphatic rings. The fraction of sp³-hybridized carbons (Fsp3) is 0.531. The van der Waals surface area contributed by atoms with E-state index in [1.165, 1.54) is 9.91 Å². The number of fused-ring (bicyclic) bond motifs is 6. The molecule has 4 N–H and O–H groups in total. The molecule has 0 spiro atoms. The van der Waals surface area contributed by atoms with Gasteiger partial charge in [-0.05, 0) is 124 Å². The second kappa shape index (κ2) is 19.2. The predicted molar refractivity (Wildman–Crippen MR) is 242 cm³/mol. The minimum absolute atomic E-state index is 0.0162. The van der Waals surface area contributed by atoms with Crippen molar-refractivity contribution in [1.29, 1.82) is 0 Å². The zero-order valence-electron chi connectivity index (χ0n) is 38.1. The highest BCUT2D eigenvalue weighted by atomic mass is 16.5. The van der Waals surface area contributed by atoms with Gasteiger partial charge in [0.15, 0.2) is 0 Å². The molecule has 0 radical (unpaired) electrons. The van der Waals surface area contributed by atoms with Crippen molar-refractivity contribution in [2.45, 2.75) is 111 Å². The Balaban J connectivity index is 1.34. The van der Waals surface area contributed by atoms with E-state index in [4.69, 9.17) is 14.5 Å². The van der Waals surface area contributed by atoms with E-state index in [2.05, 4.69) is 59.6 Å². The molecule has 2 aromatic heterocycles. The molecule has 5 heterocycles. The Labute approximate surface area is 371 Å². The van der Waals surface area contributed by atoms with Gasteiger partial charge in [-0.2, -0.15) is 0 Å². The van der Waals surface area contributed by atoms with Crippen LogP contribution in [0.25, 0.3) is 33.3 Å². The van der Waals surface area contributed by atoms with Crippen molar-refractivity contribution in [2.75, 3.05) is 40.4 Å². The molecule has 14 nitrogen and oxygen atoms in total. The molecule has 2 saturated heterocycles. The first kappa shape index (κ1) is 45.7. The number of rotatable bonds is 9. The van der Waals surface area contributed by atoms with Crippen LogP contribution in [0.2, 0.25) is 0 Å². The van der Waals surface area contributed by atoms with Crippen LogP contribution in [0.3, 0.4) is 0 Å². The number of nitrogens with zero attached hydrogens (tertiary/aromatic N) is 4. The number of carbonyl (C=O) groups excluding carboxylic acids is 4. The predicted octanol–water partition coefficient (Wildman–Crippen LogP) is 5.93. The summed E-state index contributed by atoms with van der Waals surface area (Å²) < 4.78 is 14.2. The maximum Gasteiger partial charge on any atom is 0.324 e. The summed E-state index contributed by atoms with van der Waals surface area (Å²) in [4.78, 5) is 63.0. The SMILES string of the molecule is CCn1c(-c2cccnc2[C@H](C)OC)c2c3cc(ccc31)-c1cc(O)cc(c1)C[C@H](NC(=O)[C@H](C(C)C)N(C)C(=O)C1CCNCC1)C(=O)N1CCC[C@H](N1)C(=O)OCC(C)(C)C2. The van der Waals surface area contributed by atoms with E-state index >= 15 is 0 Å². The number of likely N-dealkylation sites (N-methyl/N-ethyl adjacent to an activating group) is 1. The van der Waals surface area contributed by atoms with Crippen LogP contribution in [0.5, 0.6) is 5.75 Å². The summed E-state index contributed by atoms with van der Waals surface area (Å²) in [6.45, 7) is 14.7. The Bertz CT molecular complexity index is 2330.